The van der Waals surface area contributed by atoms with Gasteiger partial charge in [-0.05, 0) is 40.6 Å². The number of hydrogen-bond acceptors (Lipinski definition) is 5. The maximum atomic E-state index is 12.1. The Labute approximate surface area is 150 Å². The predicted molar refractivity (Wildman–Crippen MR) is 95.7 cm³/mol. The summed E-state index contributed by atoms with van der Waals surface area (Å²) >= 11 is 0. The molecule has 2 amide bonds. The number of tetrazole rings is 1. The third-order valence-electron chi connectivity index (χ3n) is 3.74. The van der Waals surface area contributed by atoms with Gasteiger partial charge in [0.25, 0.3) is 0 Å². The van der Waals surface area contributed by atoms with Gasteiger partial charge in [0.2, 0.25) is 11.8 Å². The molecule has 0 spiro atoms. The van der Waals surface area contributed by atoms with Crippen LogP contribution in [0.5, 0.6) is 0 Å². The molecule has 0 atom stereocenters. The molecule has 3 rings (SSSR count). The first-order valence-corrected chi connectivity index (χ1v) is 8.06. The van der Waals surface area contributed by atoms with Gasteiger partial charge in [-0.15, -0.1) is 5.10 Å². The SMILES string of the molecule is Cc1ccc(NC(=O)CNC(=O)Cc2ccccc2)cc1-n1cnnn1. The van der Waals surface area contributed by atoms with Crippen molar-refractivity contribution in [2.75, 3.05) is 11.9 Å². The fraction of sp³-hybridized carbons (Fsp3) is 0.167. The van der Waals surface area contributed by atoms with Crippen molar-refractivity contribution >= 4 is 17.5 Å². The standard InChI is InChI=1S/C18H18N6O2/c1-13-7-8-15(10-16(13)24-12-20-22-23-24)21-18(26)11-19-17(25)9-14-5-3-2-4-6-14/h2-8,10,12H,9,11H2,1H3,(H,19,25)(H,21,26). The van der Waals surface area contributed by atoms with Gasteiger partial charge in [0.1, 0.15) is 6.33 Å². The van der Waals surface area contributed by atoms with Gasteiger partial charge in [-0.25, -0.2) is 4.68 Å². The molecule has 1 aromatic heterocycles. The summed E-state index contributed by atoms with van der Waals surface area (Å²) in [6.07, 6.45) is 1.72. The molecule has 2 N–H and O–H groups in total. The molecule has 132 valence electrons. The van der Waals surface area contributed by atoms with Crippen molar-refractivity contribution < 1.29 is 9.59 Å². The molecule has 0 aliphatic carbocycles. The van der Waals surface area contributed by atoms with Gasteiger partial charge in [-0.3, -0.25) is 9.59 Å². The molecule has 0 aliphatic heterocycles. The molecule has 0 radical (unpaired) electrons. The molecule has 3 aromatic rings. The Morgan fingerprint density at radius 1 is 1.08 bits per heavy atom. The highest BCUT2D eigenvalue weighted by atomic mass is 16.2. The van der Waals surface area contributed by atoms with E-state index in [4.69, 9.17) is 0 Å². The molecule has 0 saturated heterocycles. The minimum atomic E-state index is -0.307. The second-order valence-electron chi connectivity index (χ2n) is 5.74. The van der Waals surface area contributed by atoms with Crippen molar-refractivity contribution in [1.82, 2.24) is 25.5 Å². The number of aromatic nitrogens is 4. The van der Waals surface area contributed by atoms with Gasteiger partial charge >= 0.3 is 0 Å². The quantitative estimate of drug-likeness (QED) is 0.697. The normalized spacial score (nSPS) is 10.3. The highest BCUT2D eigenvalue weighted by Gasteiger charge is 2.09. The zero-order valence-electron chi connectivity index (χ0n) is 14.2. The van der Waals surface area contributed by atoms with Gasteiger partial charge in [-0.1, -0.05) is 36.4 Å². The summed E-state index contributed by atoms with van der Waals surface area (Å²) in [7, 11) is 0. The first-order valence-electron chi connectivity index (χ1n) is 8.06. The monoisotopic (exact) mass is 350 g/mol. The van der Waals surface area contributed by atoms with E-state index < -0.39 is 0 Å². The minimum Gasteiger partial charge on any atom is -0.347 e. The van der Waals surface area contributed by atoms with Crippen LogP contribution in [-0.2, 0) is 16.0 Å². The second kappa shape index (κ2) is 8.02. The highest BCUT2D eigenvalue weighted by molar-refractivity contribution is 5.95. The van der Waals surface area contributed by atoms with E-state index in [1.54, 1.807) is 12.1 Å². The number of hydrogen-bond donors (Lipinski definition) is 2. The van der Waals surface area contributed by atoms with Crippen LogP contribution in [0.4, 0.5) is 5.69 Å². The maximum absolute atomic E-state index is 12.1. The molecule has 0 aliphatic rings. The van der Waals surface area contributed by atoms with E-state index >= 15 is 0 Å². The summed E-state index contributed by atoms with van der Waals surface area (Å²) in [6.45, 7) is 1.83. The van der Waals surface area contributed by atoms with E-state index in [9.17, 15) is 9.59 Å². The first-order chi connectivity index (χ1) is 12.6. The van der Waals surface area contributed by atoms with Crippen molar-refractivity contribution in [3.63, 3.8) is 0 Å². The number of benzene rings is 2. The van der Waals surface area contributed by atoms with Crippen LogP contribution in [0, 0.1) is 6.92 Å². The van der Waals surface area contributed by atoms with Gasteiger partial charge in [0.05, 0.1) is 18.7 Å². The summed E-state index contributed by atoms with van der Waals surface area (Å²) in [4.78, 5) is 24.0. The smallest absolute Gasteiger partial charge is 0.243 e. The number of carbonyl (C=O) groups is 2. The predicted octanol–water partition coefficient (Wildman–Crippen LogP) is 1.27. The molecular formula is C18H18N6O2. The van der Waals surface area contributed by atoms with Crippen molar-refractivity contribution in [2.24, 2.45) is 0 Å². The van der Waals surface area contributed by atoms with Crippen molar-refractivity contribution in [3.8, 4) is 5.69 Å². The van der Waals surface area contributed by atoms with Crippen molar-refractivity contribution in [2.45, 2.75) is 13.3 Å². The van der Waals surface area contributed by atoms with Crippen LogP contribution < -0.4 is 10.6 Å². The van der Waals surface area contributed by atoms with Gasteiger partial charge in [0.15, 0.2) is 0 Å². The fourth-order valence-corrected chi connectivity index (χ4v) is 2.43. The van der Waals surface area contributed by atoms with Crippen LogP contribution in [0.25, 0.3) is 5.69 Å². The van der Waals surface area contributed by atoms with E-state index in [1.165, 1.54) is 11.0 Å². The number of nitrogens with zero attached hydrogens (tertiary/aromatic N) is 4. The Kier molecular flexibility index (Phi) is 5.33. The topological polar surface area (TPSA) is 102 Å². The number of anilines is 1. The third-order valence-corrected chi connectivity index (χ3v) is 3.74. The number of nitrogens with one attached hydrogen (secondary N) is 2. The van der Waals surface area contributed by atoms with Crippen LogP contribution in [0.15, 0.2) is 54.9 Å². The Bertz CT molecular complexity index is 893. The molecule has 1 heterocycles. The zero-order valence-corrected chi connectivity index (χ0v) is 14.2. The van der Waals surface area contributed by atoms with Gasteiger partial charge < -0.3 is 10.6 Å². The van der Waals surface area contributed by atoms with Crippen LogP contribution in [0.3, 0.4) is 0 Å². The average molecular weight is 350 g/mol. The van der Waals surface area contributed by atoms with Crippen LogP contribution in [0.1, 0.15) is 11.1 Å². The summed E-state index contributed by atoms with van der Waals surface area (Å²) in [5.41, 5.74) is 3.23. The average Bonchev–Trinajstić information content (AvgIpc) is 3.17. The zero-order chi connectivity index (χ0) is 18.4. The lowest BCUT2D eigenvalue weighted by Gasteiger charge is -2.10. The van der Waals surface area contributed by atoms with E-state index in [1.807, 2.05) is 43.3 Å². The Morgan fingerprint density at radius 2 is 1.88 bits per heavy atom. The van der Waals surface area contributed by atoms with Crippen LogP contribution >= 0.6 is 0 Å². The maximum Gasteiger partial charge on any atom is 0.243 e. The largest absolute Gasteiger partial charge is 0.347 e. The Morgan fingerprint density at radius 3 is 2.62 bits per heavy atom. The molecule has 0 saturated carbocycles. The van der Waals surface area contributed by atoms with Crippen LogP contribution in [-0.4, -0.2) is 38.6 Å². The van der Waals surface area contributed by atoms with Crippen LogP contribution in [0.2, 0.25) is 0 Å². The van der Waals surface area contributed by atoms with Crippen molar-refractivity contribution in [1.29, 1.82) is 0 Å². The molecule has 2 aromatic carbocycles. The third kappa shape index (κ3) is 4.50. The molecular weight excluding hydrogens is 332 g/mol. The summed E-state index contributed by atoms with van der Waals surface area (Å²) in [5.74, 6) is -0.512. The second-order valence-corrected chi connectivity index (χ2v) is 5.74. The number of amides is 2. The Hall–Kier alpha value is -3.55. The van der Waals surface area contributed by atoms with Gasteiger partial charge in [-0.2, -0.15) is 0 Å². The Balaban J connectivity index is 1.55. The van der Waals surface area contributed by atoms with Gasteiger partial charge in [0, 0.05) is 5.69 Å². The van der Waals surface area contributed by atoms with E-state index in [0.29, 0.717) is 5.69 Å². The lowest BCUT2D eigenvalue weighted by Crippen LogP contribution is -2.33. The van der Waals surface area contributed by atoms with Crippen molar-refractivity contribution in [3.05, 3.63) is 66.0 Å². The summed E-state index contributed by atoms with van der Waals surface area (Å²) in [5, 5.41) is 16.4. The molecule has 8 nitrogen and oxygen atoms in total. The molecule has 0 fully saturated rings. The molecule has 0 bridgehead atoms. The summed E-state index contributed by atoms with van der Waals surface area (Å²) in [6, 6.07) is 14.8. The van der Waals surface area contributed by atoms with E-state index in [0.717, 1.165) is 16.8 Å². The number of rotatable bonds is 6. The summed E-state index contributed by atoms with van der Waals surface area (Å²) < 4.78 is 1.52. The number of aryl methyl sites for hydroxylation is 1. The van der Waals surface area contributed by atoms with E-state index in [2.05, 4.69) is 26.2 Å². The molecule has 0 unspecified atom stereocenters. The fourth-order valence-electron chi connectivity index (χ4n) is 2.43. The minimum absolute atomic E-state index is 0.0975. The lowest BCUT2D eigenvalue weighted by molar-refractivity contribution is -0.123. The van der Waals surface area contributed by atoms with E-state index in [-0.39, 0.29) is 24.8 Å². The molecule has 8 heteroatoms. The highest BCUT2D eigenvalue weighted by Crippen LogP contribution is 2.18. The first kappa shape index (κ1) is 17.3. The lowest BCUT2D eigenvalue weighted by atomic mass is 10.1. The molecule has 26 heavy (non-hydrogen) atoms. The number of carbonyl (C=O) groups excluding carboxylic acids is 2.